The van der Waals surface area contributed by atoms with Crippen molar-refractivity contribution in [3.05, 3.63) is 48.5 Å². The summed E-state index contributed by atoms with van der Waals surface area (Å²) in [5.74, 6) is 0.622. The van der Waals surface area contributed by atoms with Gasteiger partial charge >= 0.3 is 6.03 Å². The molecule has 5 nitrogen and oxygen atoms in total. The molecule has 0 aliphatic carbocycles. The summed E-state index contributed by atoms with van der Waals surface area (Å²) < 4.78 is 2.12. The lowest BCUT2D eigenvalue weighted by molar-refractivity contribution is 0.177. The molecule has 0 unspecified atom stereocenters. The maximum Gasteiger partial charge on any atom is 0.321 e. The number of carbonyl (C=O) groups is 1. The molecule has 22 heavy (non-hydrogen) atoms. The molecule has 2 heterocycles. The normalized spacial score (nSPS) is 15.8. The molecular weight excluding hydrogens is 276 g/mol. The minimum atomic E-state index is 0.00961. The van der Waals surface area contributed by atoms with Crippen LogP contribution in [0.2, 0.25) is 0 Å². The summed E-state index contributed by atoms with van der Waals surface area (Å²) in [6, 6.07) is 7.88. The highest BCUT2D eigenvalue weighted by molar-refractivity contribution is 5.90. The first kappa shape index (κ1) is 14.6. The van der Waals surface area contributed by atoms with Crippen molar-refractivity contribution in [1.29, 1.82) is 0 Å². The second-order valence-electron chi connectivity index (χ2n) is 5.93. The van der Waals surface area contributed by atoms with Crippen LogP contribution in [0, 0.1) is 12.8 Å². The second kappa shape index (κ2) is 6.64. The fourth-order valence-corrected chi connectivity index (χ4v) is 2.92. The summed E-state index contributed by atoms with van der Waals surface area (Å²) in [5.41, 5.74) is 1.99. The van der Waals surface area contributed by atoms with E-state index in [0.29, 0.717) is 5.92 Å². The van der Waals surface area contributed by atoms with Crippen molar-refractivity contribution < 1.29 is 4.79 Å². The van der Waals surface area contributed by atoms with Gasteiger partial charge in [0.15, 0.2) is 0 Å². The molecule has 1 N–H and O–H groups in total. The SMILES string of the molecule is Cc1ccccc1NC(=O)N1CCC(Cn2ccnc2)CC1. The predicted molar refractivity (Wildman–Crippen MR) is 86.7 cm³/mol. The summed E-state index contributed by atoms with van der Waals surface area (Å²) in [6.45, 7) is 4.63. The Morgan fingerprint density at radius 3 is 2.77 bits per heavy atom. The van der Waals surface area contributed by atoms with Crippen molar-refractivity contribution in [2.75, 3.05) is 18.4 Å². The van der Waals surface area contributed by atoms with E-state index < -0.39 is 0 Å². The van der Waals surface area contributed by atoms with Gasteiger partial charge in [0.05, 0.1) is 6.33 Å². The Bertz CT molecular complexity index is 615. The fourth-order valence-electron chi connectivity index (χ4n) is 2.92. The Labute approximate surface area is 131 Å². The molecule has 0 spiro atoms. The van der Waals surface area contributed by atoms with E-state index in [0.717, 1.165) is 43.7 Å². The second-order valence-corrected chi connectivity index (χ2v) is 5.93. The average molecular weight is 298 g/mol. The summed E-state index contributed by atoms with van der Waals surface area (Å²) in [6.07, 6.45) is 7.75. The van der Waals surface area contributed by atoms with Crippen LogP contribution in [0.3, 0.4) is 0 Å². The highest BCUT2D eigenvalue weighted by Gasteiger charge is 2.23. The van der Waals surface area contributed by atoms with Crippen LogP contribution in [-0.4, -0.2) is 33.6 Å². The molecule has 5 heteroatoms. The molecule has 1 fully saturated rings. The number of nitrogens with zero attached hydrogens (tertiary/aromatic N) is 3. The molecule has 1 saturated heterocycles. The van der Waals surface area contributed by atoms with Crippen molar-refractivity contribution in [3.8, 4) is 0 Å². The smallest absolute Gasteiger partial charge is 0.321 e. The van der Waals surface area contributed by atoms with Crippen LogP contribution in [0.4, 0.5) is 10.5 Å². The van der Waals surface area contributed by atoms with Crippen LogP contribution in [0.5, 0.6) is 0 Å². The number of carbonyl (C=O) groups excluding carboxylic acids is 1. The van der Waals surface area contributed by atoms with Crippen LogP contribution in [0.15, 0.2) is 43.0 Å². The number of likely N-dealkylation sites (tertiary alicyclic amines) is 1. The van der Waals surface area contributed by atoms with Gasteiger partial charge in [-0.3, -0.25) is 0 Å². The van der Waals surface area contributed by atoms with E-state index in [2.05, 4.69) is 14.9 Å². The van der Waals surface area contributed by atoms with Gasteiger partial charge in [-0.2, -0.15) is 0 Å². The quantitative estimate of drug-likeness (QED) is 0.946. The monoisotopic (exact) mass is 298 g/mol. The first-order valence-corrected chi connectivity index (χ1v) is 7.79. The van der Waals surface area contributed by atoms with Crippen LogP contribution >= 0.6 is 0 Å². The Morgan fingerprint density at radius 2 is 2.09 bits per heavy atom. The van der Waals surface area contributed by atoms with Crippen LogP contribution in [0.1, 0.15) is 18.4 Å². The number of hydrogen-bond donors (Lipinski definition) is 1. The van der Waals surface area contributed by atoms with Crippen molar-refractivity contribution >= 4 is 11.7 Å². The van der Waals surface area contributed by atoms with Gasteiger partial charge in [0.1, 0.15) is 0 Å². The zero-order chi connectivity index (χ0) is 15.4. The standard InChI is InChI=1S/C17H22N4O/c1-14-4-2-3-5-16(14)19-17(22)21-9-6-15(7-10-21)12-20-11-8-18-13-20/h2-5,8,11,13,15H,6-7,9-10,12H2,1H3,(H,19,22). The molecule has 0 saturated carbocycles. The highest BCUT2D eigenvalue weighted by Crippen LogP contribution is 2.20. The molecule has 0 radical (unpaired) electrons. The third kappa shape index (κ3) is 3.47. The van der Waals surface area contributed by atoms with Gasteiger partial charge in [-0.15, -0.1) is 0 Å². The van der Waals surface area contributed by atoms with E-state index in [1.165, 1.54) is 0 Å². The molecule has 3 rings (SSSR count). The van der Waals surface area contributed by atoms with E-state index >= 15 is 0 Å². The Hall–Kier alpha value is -2.30. The molecular formula is C17H22N4O. The number of rotatable bonds is 3. The summed E-state index contributed by atoms with van der Waals surface area (Å²) in [4.78, 5) is 18.3. The van der Waals surface area contributed by atoms with Gasteiger partial charge < -0.3 is 14.8 Å². The van der Waals surface area contributed by atoms with E-state index in [1.807, 2.05) is 54.8 Å². The fraction of sp³-hybridized carbons (Fsp3) is 0.412. The van der Waals surface area contributed by atoms with Gasteiger partial charge in [0.2, 0.25) is 0 Å². The molecule has 1 aliphatic heterocycles. The molecule has 1 aromatic carbocycles. The lowest BCUT2D eigenvalue weighted by Gasteiger charge is -2.32. The van der Waals surface area contributed by atoms with Gasteiger partial charge in [-0.25, -0.2) is 9.78 Å². The van der Waals surface area contributed by atoms with Gasteiger partial charge in [-0.05, 0) is 37.3 Å². The number of nitrogens with one attached hydrogen (secondary N) is 1. The van der Waals surface area contributed by atoms with E-state index in [1.54, 1.807) is 0 Å². The van der Waals surface area contributed by atoms with Gasteiger partial charge in [0.25, 0.3) is 0 Å². The third-order valence-corrected chi connectivity index (χ3v) is 4.32. The zero-order valence-corrected chi connectivity index (χ0v) is 12.9. The number of benzene rings is 1. The minimum Gasteiger partial charge on any atom is -0.337 e. The number of piperidine rings is 1. The molecule has 2 aromatic rings. The van der Waals surface area contributed by atoms with E-state index in [-0.39, 0.29) is 6.03 Å². The zero-order valence-electron chi connectivity index (χ0n) is 12.9. The van der Waals surface area contributed by atoms with Crippen molar-refractivity contribution in [2.24, 2.45) is 5.92 Å². The number of anilines is 1. The molecule has 0 atom stereocenters. The number of aryl methyl sites for hydroxylation is 1. The number of urea groups is 1. The number of amides is 2. The number of imidazole rings is 1. The average Bonchev–Trinajstić information content (AvgIpc) is 3.03. The maximum atomic E-state index is 12.3. The maximum absolute atomic E-state index is 12.3. The molecule has 1 aliphatic rings. The topological polar surface area (TPSA) is 50.2 Å². The van der Waals surface area contributed by atoms with Gasteiger partial charge in [-0.1, -0.05) is 18.2 Å². The van der Waals surface area contributed by atoms with E-state index in [9.17, 15) is 4.79 Å². The molecule has 0 bridgehead atoms. The Balaban J connectivity index is 1.50. The van der Waals surface area contributed by atoms with Crippen molar-refractivity contribution in [1.82, 2.24) is 14.5 Å². The lowest BCUT2D eigenvalue weighted by atomic mass is 9.97. The van der Waals surface area contributed by atoms with E-state index in [4.69, 9.17) is 0 Å². The molecule has 2 amide bonds. The lowest BCUT2D eigenvalue weighted by Crippen LogP contribution is -2.41. The number of aromatic nitrogens is 2. The van der Waals surface area contributed by atoms with Crippen molar-refractivity contribution in [3.63, 3.8) is 0 Å². The highest BCUT2D eigenvalue weighted by atomic mass is 16.2. The summed E-state index contributed by atoms with van der Waals surface area (Å²) >= 11 is 0. The van der Waals surface area contributed by atoms with Crippen LogP contribution < -0.4 is 5.32 Å². The summed E-state index contributed by atoms with van der Waals surface area (Å²) in [7, 11) is 0. The van der Waals surface area contributed by atoms with Gasteiger partial charge in [0, 0.05) is 37.7 Å². The minimum absolute atomic E-state index is 0.00961. The first-order valence-electron chi connectivity index (χ1n) is 7.79. The first-order chi connectivity index (χ1) is 10.7. The molecule has 1 aromatic heterocycles. The Kier molecular flexibility index (Phi) is 4.42. The predicted octanol–water partition coefficient (Wildman–Crippen LogP) is 3.14. The molecule has 116 valence electrons. The van der Waals surface area contributed by atoms with Crippen LogP contribution in [0.25, 0.3) is 0 Å². The summed E-state index contributed by atoms with van der Waals surface area (Å²) in [5, 5.41) is 3.01. The van der Waals surface area contributed by atoms with Crippen molar-refractivity contribution in [2.45, 2.75) is 26.3 Å². The Morgan fingerprint density at radius 1 is 1.32 bits per heavy atom. The largest absolute Gasteiger partial charge is 0.337 e. The third-order valence-electron chi connectivity index (χ3n) is 4.32. The van der Waals surface area contributed by atoms with Crippen LogP contribution in [-0.2, 0) is 6.54 Å². The number of hydrogen-bond acceptors (Lipinski definition) is 2. The number of para-hydroxylation sites is 1.